The highest BCUT2D eigenvalue weighted by Gasteiger charge is 2.24. The van der Waals surface area contributed by atoms with E-state index in [1.807, 2.05) is 11.8 Å². The summed E-state index contributed by atoms with van der Waals surface area (Å²) in [6.07, 6.45) is 1.18. The first kappa shape index (κ1) is 10.9. The molecule has 13 heavy (non-hydrogen) atoms. The molecule has 3 nitrogen and oxygen atoms in total. The number of thiol groups is 1. The molecule has 0 radical (unpaired) electrons. The summed E-state index contributed by atoms with van der Waals surface area (Å²) in [5.41, 5.74) is 0. The number of morpholine rings is 1. The Bertz CT molecular complexity index is 184. The van der Waals surface area contributed by atoms with Gasteiger partial charge in [0.2, 0.25) is 5.91 Å². The smallest absolute Gasteiger partial charge is 0.235 e. The molecule has 0 saturated carbocycles. The van der Waals surface area contributed by atoms with E-state index in [2.05, 4.69) is 19.6 Å². The van der Waals surface area contributed by atoms with Crippen LogP contribution in [0.15, 0.2) is 0 Å². The van der Waals surface area contributed by atoms with Gasteiger partial charge >= 0.3 is 0 Å². The first-order chi connectivity index (χ1) is 6.15. The van der Waals surface area contributed by atoms with E-state index in [4.69, 9.17) is 4.74 Å². The zero-order valence-corrected chi connectivity index (χ0v) is 9.09. The molecule has 0 aliphatic carbocycles. The number of hydrogen-bond acceptors (Lipinski definition) is 3. The van der Waals surface area contributed by atoms with Crippen molar-refractivity contribution in [1.82, 2.24) is 4.90 Å². The molecule has 0 aromatic rings. The van der Waals surface area contributed by atoms with Gasteiger partial charge in [-0.05, 0) is 13.3 Å². The molecule has 1 amide bonds. The lowest BCUT2D eigenvalue weighted by molar-refractivity contribution is -0.137. The summed E-state index contributed by atoms with van der Waals surface area (Å²) in [5.74, 6) is 0.116. The van der Waals surface area contributed by atoms with Crippen molar-refractivity contribution in [3.05, 3.63) is 0 Å². The van der Waals surface area contributed by atoms with Gasteiger partial charge in [-0.25, -0.2) is 0 Å². The summed E-state index contributed by atoms with van der Waals surface area (Å²) < 4.78 is 5.47. The molecule has 1 saturated heterocycles. The molecule has 0 spiro atoms. The molecule has 1 aliphatic rings. The maximum atomic E-state index is 11.6. The summed E-state index contributed by atoms with van der Waals surface area (Å²) in [5, 5.41) is -0.199. The van der Waals surface area contributed by atoms with Gasteiger partial charge in [-0.2, -0.15) is 12.6 Å². The second kappa shape index (κ2) is 4.86. The van der Waals surface area contributed by atoms with Gasteiger partial charge in [0.05, 0.1) is 18.0 Å². The zero-order chi connectivity index (χ0) is 9.84. The van der Waals surface area contributed by atoms with Crippen molar-refractivity contribution in [2.75, 3.05) is 19.7 Å². The van der Waals surface area contributed by atoms with E-state index >= 15 is 0 Å². The first-order valence-corrected chi connectivity index (χ1v) is 5.25. The van der Waals surface area contributed by atoms with Gasteiger partial charge in [-0.15, -0.1) is 0 Å². The minimum atomic E-state index is -0.199. The Morgan fingerprint density at radius 3 is 3.00 bits per heavy atom. The second-order valence-corrected chi connectivity index (χ2v) is 4.14. The normalized spacial score (nSPS) is 25.8. The highest BCUT2D eigenvalue weighted by atomic mass is 32.1. The molecule has 2 atom stereocenters. The predicted octanol–water partition coefficient (Wildman–Crippen LogP) is 0.942. The summed E-state index contributed by atoms with van der Waals surface area (Å²) in [4.78, 5) is 13.4. The minimum absolute atomic E-state index is 0.116. The van der Waals surface area contributed by atoms with E-state index in [0.29, 0.717) is 13.2 Å². The highest BCUT2D eigenvalue weighted by Crippen LogP contribution is 2.10. The van der Waals surface area contributed by atoms with Crippen molar-refractivity contribution in [2.24, 2.45) is 0 Å². The van der Waals surface area contributed by atoms with Gasteiger partial charge < -0.3 is 9.64 Å². The van der Waals surface area contributed by atoms with Crippen LogP contribution in [-0.2, 0) is 9.53 Å². The van der Waals surface area contributed by atoms with E-state index in [0.717, 1.165) is 13.0 Å². The Kier molecular flexibility index (Phi) is 4.06. The third-order valence-electron chi connectivity index (χ3n) is 2.26. The topological polar surface area (TPSA) is 29.5 Å². The molecule has 1 heterocycles. The minimum Gasteiger partial charge on any atom is -0.375 e. The lowest BCUT2D eigenvalue weighted by Crippen LogP contribution is -2.47. The molecular formula is C9H17NO2S. The molecule has 1 rings (SSSR count). The molecule has 2 unspecified atom stereocenters. The van der Waals surface area contributed by atoms with Crippen LogP contribution in [0.25, 0.3) is 0 Å². The Hall–Kier alpha value is -0.220. The van der Waals surface area contributed by atoms with Crippen molar-refractivity contribution in [2.45, 2.75) is 31.6 Å². The number of rotatable bonds is 2. The Balaban J connectivity index is 2.46. The zero-order valence-electron chi connectivity index (χ0n) is 8.19. The van der Waals surface area contributed by atoms with E-state index in [-0.39, 0.29) is 17.3 Å². The first-order valence-electron chi connectivity index (χ1n) is 4.73. The quantitative estimate of drug-likeness (QED) is 0.677. The van der Waals surface area contributed by atoms with Gasteiger partial charge in [-0.1, -0.05) is 6.92 Å². The van der Waals surface area contributed by atoms with E-state index in [9.17, 15) is 4.79 Å². The van der Waals surface area contributed by atoms with Crippen molar-refractivity contribution < 1.29 is 9.53 Å². The Morgan fingerprint density at radius 2 is 2.46 bits per heavy atom. The number of amides is 1. The van der Waals surface area contributed by atoms with Crippen LogP contribution in [0.4, 0.5) is 0 Å². The maximum Gasteiger partial charge on any atom is 0.235 e. The van der Waals surface area contributed by atoms with Crippen molar-refractivity contribution in [3.8, 4) is 0 Å². The van der Waals surface area contributed by atoms with Crippen LogP contribution in [0.2, 0.25) is 0 Å². The van der Waals surface area contributed by atoms with E-state index < -0.39 is 0 Å². The van der Waals surface area contributed by atoms with Crippen LogP contribution in [0.1, 0.15) is 20.3 Å². The number of carbonyl (C=O) groups excluding carboxylic acids is 1. The molecule has 4 heteroatoms. The van der Waals surface area contributed by atoms with Crippen molar-refractivity contribution in [1.29, 1.82) is 0 Å². The molecule has 1 aliphatic heterocycles. The molecular weight excluding hydrogens is 186 g/mol. The largest absolute Gasteiger partial charge is 0.375 e. The van der Waals surface area contributed by atoms with Gasteiger partial charge in [0.15, 0.2) is 0 Å². The molecule has 0 aromatic heterocycles. The third kappa shape index (κ3) is 2.88. The second-order valence-electron chi connectivity index (χ2n) is 3.36. The highest BCUT2D eigenvalue weighted by molar-refractivity contribution is 7.81. The summed E-state index contributed by atoms with van der Waals surface area (Å²) in [6, 6.07) is 0. The van der Waals surface area contributed by atoms with Gasteiger partial charge in [0, 0.05) is 13.1 Å². The Labute approximate surface area is 84.8 Å². The monoisotopic (exact) mass is 203 g/mol. The fraction of sp³-hybridized carbons (Fsp3) is 0.889. The van der Waals surface area contributed by atoms with Crippen molar-refractivity contribution >= 4 is 18.5 Å². The van der Waals surface area contributed by atoms with Crippen molar-refractivity contribution in [3.63, 3.8) is 0 Å². The van der Waals surface area contributed by atoms with E-state index in [1.54, 1.807) is 0 Å². The fourth-order valence-corrected chi connectivity index (χ4v) is 1.59. The van der Waals surface area contributed by atoms with Gasteiger partial charge in [0.25, 0.3) is 0 Å². The van der Waals surface area contributed by atoms with Crippen LogP contribution >= 0.6 is 12.6 Å². The number of hydrogen-bond donors (Lipinski definition) is 1. The molecule has 0 aromatic carbocycles. The Morgan fingerprint density at radius 1 is 1.77 bits per heavy atom. The molecule has 1 fully saturated rings. The number of carbonyl (C=O) groups is 1. The molecule has 76 valence electrons. The van der Waals surface area contributed by atoms with Crippen LogP contribution in [-0.4, -0.2) is 41.9 Å². The van der Waals surface area contributed by atoms with Crippen LogP contribution in [0.5, 0.6) is 0 Å². The summed E-state index contributed by atoms with van der Waals surface area (Å²) >= 11 is 4.13. The molecule has 0 N–H and O–H groups in total. The van der Waals surface area contributed by atoms with Crippen LogP contribution in [0.3, 0.4) is 0 Å². The average Bonchev–Trinajstić information content (AvgIpc) is 2.16. The summed E-state index contributed by atoms with van der Waals surface area (Å²) in [7, 11) is 0. The predicted molar refractivity (Wildman–Crippen MR) is 55.1 cm³/mol. The maximum absolute atomic E-state index is 11.6. The van der Waals surface area contributed by atoms with E-state index in [1.165, 1.54) is 0 Å². The molecule has 0 bridgehead atoms. The lowest BCUT2D eigenvalue weighted by Gasteiger charge is -2.33. The number of ether oxygens (including phenoxy) is 1. The SMILES string of the molecule is CCC1CN(C(=O)C(C)S)CCO1. The lowest BCUT2D eigenvalue weighted by atomic mass is 10.2. The van der Waals surface area contributed by atoms with Gasteiger partial charge in [-0.3, -0.25) is 4.79 Å². The standard InChI is InChI=1S/C9H17NO2S/c1-3-8-6-10(4-5-12-8)9(11)7(2)13/h7-8,13H,3-6H2,1-2H3. The van der Waals surface area contributed by atoms with Crippen LogP contribution < -0.4 is 0 Å². The van der Waals surface area contributed by atoms with Gasteiger partial charge in [0.1, 0.15) is 0 Å². The fourth-order valence-electron chi connectivity index (χ4n) is 1.43. The number of nitrogens with zero attached hydrogens (tertiary/aromatic N) is 1. The average molecular weight is 203 g/mol. The third-order valence-corrected chi connectivity index (χ3v) is 2.48. The van der Waals surface area contributed by atoms with Crippen LogP contribution in [0, 0.1) is 0 Å². The summed E-state index contributed by atoms with van der Waals surface area (Å²) in [6.45, 7) is 5.97.